The van der Waals surface area contributed by atoms with Gasteiger partial charge in [-0.15, -0.1) is 0 Å². The van der Waals surface area contributed by atoms with Gasteiger partial charge in [-0.25, -0.2) is 13.1 Å². The molecule has 0 heterocycles. The van der Waals surface area contributed by atoms with Crippen molar-refractivity contribution in [3.8, 4) is 0 Å². The van der Waals surface area contributed by atoms with Crippen molar-refractivity contribution < 1.29 is 8.42 Å². The minimum atomic E-state index is -3.15. The molecule has 0 amide bonds. The summed E-state index contributed by atoms with van der Waals surface area (Å²) in [5.41, 5.74) is 1.08. The van der Waals surface area contributed by atoms with E-state index in [0.29, 0.717) is 5.92 Å². The maximum Gasteiger partial charge on any atom is 0.212 e. The molecule has 3 nitrogen and oxygen atoms in total. The summed E-state index contributed by atoms with van der Waals surface area (Å²) in [6, 6.07) is 9.86. The molecule has 1 aromatic carbocycles. The van der Waals surface area contributed by atoms with Gasteiger partial charge in [-0.3, -0.25) is 0 Å². The van der Waals surface area contributed by atoms with Gasteiger partial charge in [0.1, 0.15) is 0 Å². The molecule has 1 aliphatic carbocycles. The van der Waals surface area contributed by atoms with Gasteiger partial charge >= 0.3 is 0 Å². The first-order valence-electron chi connectivity index (χ1n) is 6.67. The van der Waals surface area contributed by atoms with E-state index in [1.165, 1.54) is 0 Å². The van der Waals surface area contributed by atoms with Gasteiger partial charge < -0.3 is 0 Å². The van der Waals surface area contributed by atoms with Crippen molar-refractivity contribution in [1.82, 2.24) is 4.72 Å². The molecule has 1 aliphatic rings. The maximum atomic E-state index is 12.0. The smallest absolute Gasteiger partial charge is 0.212 e. The summed E-state index contributed by atoms with van der Waals surface area (Å²) in [5.74, 6) is 0.711. The molecule has 18 heavy (non-hydrogen) atoms. The van der Waals surface area contributed by atoms with Crippen LogP contribution in [0.5, 0.6) is 0 Å². The van der Waals surface area contributed by atoms with Crippen molar-refractivity contribution in [2.45, 2.75) is 38.6 Å². The zero-order valence-corrected chi connectivity index (χ0v) is 11.6. The van der Waals surface area contributed by atoms with Crippen LogP contribution in [0.4, 0.5) is 0 Å². The lowest BCUT2D eigenvalue weighted by atomic mass is 10.0. The second-order valence-electron chi connectivity index (χ2n) is 5.02. The van der Waals surface area contributed by atoms with Gasteiger partial charge in [-0.2, -0.15) is 0 Å². The normalized spacial score (nSPS) is 17.6. The zero-order valence-electron chi connectivity index (χ0n) is 10.8. The minimum Gasteiger partial charge on any atom is -0.212 e. The fourth-order valence-electron chi connectivity index (χ4n) is 2.11. The molecule has 2 rings (SSSR count). The highest BCUT2D eigenvalue weighted by molar-refractivity contribution is 7.89. The first-order valence-corrected chi connectivity index (χ1v) is 8.32. The Morgan fingerprint density at radius 3 is 2.50 bits per heavy atom. The van der Waals surface area contributed by atoms with E-state index in [4.69, 9.17) is 0 Å². The third kappa shape index (κ3) is 3.82. The summed E-state index contributed by atoms with van der Waals surface area (Å²) >= 11 is 0. The number of unbranched alkanes of at least 4 members (excludes halogenated alkanes) is 1. The molecule has 0 spiro atoms. The third-order valence-electron chi connectivity index (χ3n) is 3.33. The SMILES string of the molecule is CCCCS(=O)(=O)N[C@H](c1ccccc1)C1CC1. The Morgan fingerprint density at radius 1 is 1.28 bits per heavy atom. The lowest BCUT2D eigenvalue weighted by Gasteiger charge is -2.18. The number of sulfonamides is 1. The van der Waals surface area contributed by atoms with Gasteiger partial charge in [0.05, 0.1) is 5.75 Å². The average Bonchev–Trinajstić information content (AvgIpc) is 3.19. The summed E-state index contributed by atoms with van der Waals surface area (Å²) in [4.78, 5) is 0. The molecule has 0 aliphatic heterocycles. The molecule has 1 saturated carbocycles. The Kier molecular flexibility index (Phi) is 4.40. The molecular weight excluding hydrogens is 246 g/mol. The average molecular weight is 267 g/mol. The van der Waals surface area contributed by atoms with Crippen LogP contribution in [-0.2, 0) is 10.0 Å². The zero-order chi connectivity index (χ0) is 13.0. The summed E-state index contributed by atoms with van der Waals surface area (Å²) < 4.78 is 26.9. The van der Waals surface area contributed by atoms with Crippen LogP contribution >= 0.6 is 0 Å². The van der Waals surface area contributed by atoms with Crippen LogP contribution in [0.15, 0.2) is 30.3 Å². The van der Waals surface area contributed by atoms with E-state index < -0.39 is 10.0 Å². The molecule has 0 aromatic heterocycles. The Labute approximate surface area is 110 Å². The van der Waals surface area contributed by atoms with Crippen LogP contribution in [-0.4, -0.2) is 14.2 Å². The minimum absolute atomic E-state index is 0.0342. The molecule has 0 bridgehead atoms. The molecule has 100 valence electrons. The van der Waals surface area contributed by atoms with Gasteiger partial charge in [0, 0.05) is 6.04 Å². The van der Waals surface area contributed by atoms with E-state index in [9.17, 15) is 8.42 Å². The van der Waals surface area contributed by atoms with E-state index in [0.717, 1.165) is 31.2 Å². The second kappa shape index (κ2) is 5.85. The molecule has 1 N–H and O–H groups in total. The number of hydrogen-bond donors (Lipinski definition) is 1. The molecule has 0 unspecified atom stereocenters. The summed E-state index contributed by atoms with van der Waals surface area (Å²) in [6.45, 7) is 2.01. The lowest BCUT2D eigenvalue weighted by molar-refractivity contribution is 0.527. The molecule has 1 fully saturated rings. The Bertz CT molecular complexity index is 466. The molecule has 0 radical (unpaired) electrons. The number of rotatable bonds is 7. The first kappa shape index (κ1) is 13.6. The van der Waals surface area contributed by atoms with Gasteiger partial charge in [0.25, 0.3) is 0 Å². The lowest BCUT2D eigenvalue weighted by Crippen LogP contribution is -2.31. The molecule has 1 atom stereocenters. The van der Waals surface area contributed by atoms with Crippen molar-refractivity contribution in [2.75, 3.05) is 5.75 Å². The fourth-order valence-corrected chi connectivity index (χ4v) is 3.62. The van der Waals surface area contributed by atoms with Gasteiger partial charge in [0.15, 0.2) is 0 Å². The molecule has 1 aromatic rings. The van der Waals surface area contributed by atoms with Crippen molar-refractivity contribution >= 4 is 10.0 Å². The fraction of sp³-hybridized carbons (Fsp3) is 0.571. The standard InChI is InChI=1S/C14H21NO2S/c1-2-3-11-18(16,17)15-14(13-9-10-13)12-7-5-4-6-8-12/h4-8,13-15H,2-3,9-11H2,1H3/t14-/m1/s1. The summed E-state index contributed by atoms with van der Waals surface area (Å²) in [7, 11) is -3.15. The van der Waals surface area contributed by atoms with E-state index >= 15 is 0 Å². The third-order valence-corrected chi connectivity index (χ3v) is 4.76. The van der Waals surface area contributed by atoms with E-state index in [1.54, 1.807) is 0 Å². The predicted octanol–water partition coefficient (Wildman–Crippen LogP) is 2.86. The molecule has 4 heteroatoms. The van der Waals surface area contributed by atoms with Crippen molar-refractivity contribution in [1.29, 1.82) is 0 Å². The van der Waals surface area contributed by atoms with Gasteiger partial charge in [-0.05, 0) is 30.7 Å². The van der Waals surface area contributed by atoms with E-state index in [2.05, 4.69) is 4.72 Å². The van der Waals surface area contributed by atoms with Crippen LogP contribution in [0.1, 0.15) is 44.2 Å². The monoisotopic (exact) mass is 267 g/mol. The first-order chi connectivity index (χ1) is 8.62. The number of hydrogen-bond acceptors (Lipinski definition) is 2. The van der Waals surface area contributed by atoms with Crippen molar-refractivity contribution in [2.24, 2.45) is 5.92 Å². The summed E-state index contributed by atoms with van der Waals surface area (Å²) in [5, 5.41) is 0. The van der Waals surface area contributed by atoms with Gasteiger partial charge in [-0.1, -0.05) is 43.7 Å². The number of benzene rings is 1. The van der Waals surface area contributed by atoms with Crippen LogP contribution in [0.3, 0.4) is 0 Å². The summed E-state index contributed by atoms with van der Waals surface area (Å²) in [6.07, 6.45) is 3.87. The van der Waals surface area contributed by atoms with Crippen molar-refractivity contribution in [3.63, 3.8) is 0 Å². The van der Waals surface area contributed by atoms with Crippen LogP contribution in [0, 0.1) is 5.92 Å². The van der Waals surface area contributed by atoms with Gasteiger partial charge in [0.2, 0.25) is 10.0 Å². The topological polar surface area (TPSA) is 46.2 Å². The highest BCUT2D eigenvalue weighted by Gasteiger charge is 2.34. The molecular formula is C14H21NO2S. The Hall–Kier alpha value is -0.870. The number of nitrogens with one attached hydrogen (secondary N) is 1. The second-order valence-corrected chi connectivity index (χ2v) is 6.89. The molecule has 0 saturated heterocycles. The van der Waals surface area contributed by atoms with E-state index in [-0.39, 0.29) is 11.8 Å². The Morgan fingerprint density at radius 2 is 1.94 bits per heavy atom. The van der Waals surface area contributed by atoms with Crippen LogP contribution in [0.2, 0.25) is 0 Å². The van der Waals surface area contributed by atoms with Crippen LogP contribution < -0.4 is 4.72 Å². The van der Waals surface area contributed by atoms with Crippen LogP contribution in [0.25, 0.3) is 0 Å². The largest absolute Gasteiger partial charge is 0.212 e. The maximum absolute atomic E-state index is 12.0. The van der Waals surface area contributed by atoms with E-state index in [1.807, 2.05) is 37.3 Å². The Balaban J connectivity index is 2.08. The van der Waals surface area contributed by atoms with Crippen molar-refractivity contribution in [3.05, 3.63) is 35.9 Å². The highest BCUT2D eigenvalue weighted by Crippen LogP contribution is 2.41. The highest BCUT2D eigenvalue weighted by atomic mass is 32.2. The quantitative estimate of drug-likeness (QED) is 0.825. The predicted molar refractivity (Wildman–Crippen MR) is 73.7 cm³/mol.